The highest BCUT2D eigenvalue weighted by molar-refractivity contribution is 9.14. The van der Waals surface area contributed by atoms with Crippen molar-refractivity contribution in [2.45, 2.75) is 147 Å². The van der Waals surface area contributed by atoms with E-state index < -0.39 is 124 Å². The van der Waals surface area contributed by atoms with Gasteiger partial charge in [0.1, 0.15) is 46.5 Å². The number of carbonyl (C=O) groups is 10. The molecule has 4 aliphatic carbocycles. The van der Waals surface area contributed by atoms with Crippen molar-refractivity contribution in [3.8, 4) is 0 Å². The maximum Gasteiger partial charge on any atom is 0.306 e. The number of hydrogen-bond donors (Lipinski definition) is 7. The van der Waals surface area contributed by atoms with Gasteiger partial charge in [0.15, 0.2) is 11.4 Å². The van der Waals surface area contributed by atoms with Gasteiger partial charge in [-0.15, -0.1) is 11.6 Å². The first kappa shape index (κ1) is 57.5. The van der Waals surface area contributed by atoms with Gasteiger partial charge in [0.25, 0.3) is 11.8 Å². The minimum absolute atomic E-state index is 0.0114. The molecule has 0 spiro atoms. The van der Waals surface area contributed by atoms with Gasteiger partial charge in [-0.1, -0.05) is 39.3 Å². The van der Waals surface area contributed by atoms with Crippen molar-refractivity contribution in [3.63, 3.8) is 0 Å². The lowest BCUT2D eigenvalue weighted by Crippen LogP contribution is -2.69. The summed E-state index contributed by atoms with van der Waals surface area (Å²) in [4.78, 5) is 130. The van der Waals surface area contributed by atoms with E-state index in [9.17, 15) is 53.1 Å². The van der Waals surface area contributed by atoms with Crippen LogP contribution < -0.4 is 32.3 Å². The Morgan fingerprint density at radius 3 is 2.08 bits per heavy atom. The number of ether oxygens (including phenoxy) is 2. The van der Waals surface area contributed by atoms with Gasteiger partial charge in [0.2, 0.25) is 35.3 Å². The molecule has 71 heavy (non-hydrogen) atoms. The number of ketones is 2. The maximum absolute atomic E-state index is 14.5. The smallest absolute Gasteiger partial charge is 0.306 e. The monoisotopic (exact) mass is 1140 g/mol. The van der Waals surface area contributed by atoms with Crippen LogP contribution in [0.3, 0.4) is 0 Å². The molecule has 392 valence electrons. The van der Waals surface area contributed by atoms with Gasteiger partial charge in [-0.25, -0.2) is 0 Å². The van der Waals surface area contributed by atoms with E-state index in [1.807, 2.05) is 20.8 Å². The number of nitrogens with one attached hydrogen (secondary N) is 5. The molecule has 20 nitrogen and oxygen atoms in total. The Bertz CT molecular complexity index is 2270. The topological polar surface area (TPSA) is 299 Å². The third-order valence-corrected chi connectivity index (χ3v) is 18.1. The number of Topliss-reactive ketones (excluding diaryl/α,β-unsaturated/α-hetero) is 1. The number of amides is 7. The maximum atomic E-state index is 14.5. The molecule has 0 bridgehead atoms. The summed E-state index contributed by atoms with van der Waals surface area (Å²) >= 11 is 13.7. The Morgan fingerprint density at radius 2 is 1.49 bits per heavy atom. The second-order valence-corrected chi connectivity index (χ2v) is 21.9. The fourth-order valence-corrected chi connectivity index (χ4v) is 12.6. The van der Waals surface area contributed by atoms with Crippen LogP contribution in [0.15, 0.2) is 32.8 Å². The molecule has 0 radical (unpaired) electrons. The molecule has 0 aromatic heterocycles. The van der Waals surface area contributed by atoms with Crippen LogP contribution >= 0.6 is 43.5 Å². The summed E-state index contributed by atoms with van der Waals surface area (Å²) in [5, 5.41) is 24.7. The van der Waals surface area contributed by atoms with Crippen LogP contribution in [0.1, 0.15) is 106 Å². The quantitative estimate of drug-likeness (QED) is 0.0269. The SMILES string of the molecule is CCC(=O)OC1(C(=O)COCNC(=O)[C@H](C)NC(=O)[C@H](C)NC(=O)[C@H](C)NC(=O)[C@H](CCCCN)NC(=O)CCN2C(=O)C(Br)=C(Br)C2=O)[C@@H](C)C[C@H]2[C@@H]3CCC4=CC(=O)C=C[C@]4(C)[C@@]3(Cl)[C@@H](O)C[C@@]21C. The number of nitrogens with two attached hydrogens (primary N) is 1. The first-order chi connectivity index (χ1) is 33.2. The molecule has 0 aromatic rings. The van der Waals surface area contributed by atoms with E-state index in [-0.39, 0.29) is 58.8 Å². The standard InChI is InChI=1S/C48H66Br2ClN7O13/c1-8-36(63)71-48(24(2)19-31-30-13-12-28-20-29(59)14-16-45(28,6)47(30,51)33(60)21-46(31,48)7)34(61)22-70-23-53-39(64)25(3)54-40(65)26(4)55-41(66)27(5)56-42(67)32(11-9-10-17-52)57-35(62)15-18-58-43(68)37(49)38(50)44(58)69/h14,16,20,24-27,30-33,60H,8-13,15,17-19,21-23,52H2,1-7H3,(H,53,64)(H,54,65)(H,55,66)(H,56,67)(H,57,62)/t24-,25-,26-,27-,30-,31-,32-,33-,45-,46-,47-,48?/m0/s1. The normalized spacial score (nSPS) is 30.5. The summed E-state index contributed by atoms with van der Waals surface area (Å²) < 4.78 is 12.0. The van der Waals surface area contributed by atoms with E-state index >= 15 is 0 Å². The number of hydrogen-bond acceptors (Lipinski definition) is 14. The fourth-order valence-electron chi connectivity index (χ4n) is 11.3. The van der Waals surface area contributed by atoms with Crippen molar-refractivity contribution < 1.29 is 62.5 Å². The zero-order chi connectivity index (χ0) is 53.0. The largest absolute Gasteiger partial charge is 0.450 e. The van der Waals surface area contributed by atoms with Crippen molar-refractivity contribution in [3.05, 3.63) is 32.8 Å². The highest BCUT2D eigenvalue weighted by atomic mass is 79.9. The summed E-state index contributed by atoms with van der Waals surface area (Å²) in [5.74, 6) is -7.09. The van der Waals surface area contributed by atoms with Gasteiger partial charge in [0, 0.05) is 36.1 Å². The third-order valence-electron chi connectivity index (χ3n) is 15.2. The molecule has 7 amide bonds. The van der Waals surface area contributed by atoms with Crippen LogP contribution in [0.4, 0.5) is 0 Å². The Morgan fingerprint density at radius 1 is 0.901 bits per heavy atom. The predicted molar refractivity (Wildman–Crippen MR) is 265 cm³/mol. The van der Waals surface area contributed by atoms with Crippen LogP contribution in [0.2, 0.25) is 0 Å². The number of aliphatic hydroxyl groups excluding tert-OH is 1. The zero-order valence-electron chi connectivity index (χ0n) is 41.0. The van der Waals surface area contributed by atoms with Gasteiger partial charge < -0.3 is 46.9 Å². The molecule has 1 heterocycles. The summed E-state index contributed by atoms with van der Waals surface area (Å²) in [5.41, 5.74) is 2.86. The summed E-state index contributed by atoms with van der Waals surface area (Å²) in [6.45, 7) is 10.4. The van der Waals surface area contributed by atoms with Crippen molar-refractivity contribution in [2.24, 2.45) is 34.3 Å². The van der Waals surface area contributed by atoms with E-state index in [4.69, 9.17) is 26.8 Å². The van der Waals surface area contributed by atoms with Crippen LogP contribution in [-0.4, -0.2) is 136 Å². The van der Waals surface area contributed by atoms with Crippen molar-refractivity contribution in [2.75, 3.05) is 26.4 Å². The first-order valence-electron chi connectivity index (χ1n) is 24.0. The van der Waals surface area contributed by atoms with Gasteiger partial charge >= 0.3 is 5.97 Å². The lowest BCUT2D eigenvalue weighted by atomic mass is 9.45. The van der Waals surface area contributed by atoms with Gasteiger partial charge in [-0.05, 0) is 128 Å². The Balaban J connectivity index is 1.12. The van der Waals surface area contributed by atoms with Crippen molar-refractivity contribution in [1.29, 1.82) is 0 Å². The lowest BCUT2D eigenvalue weighted by Gasteiger charge is -2.64. The molecule has 12 atom stereocenters. The molecular formula is C48H66Br2ClN7O13. The molecule has 3 saturated carbocycles. The number of allylic oxidation sites excluding steroid dienone is 4. The lowest BCUT2D eigenvalue weighted by molar-refractivity contribution is -0.203. The van der Waals surface area contributed by atoms with Gasteiger partial charge in [0.05, 0.1) is 11.0 Å². The summed E-state index contributed by atoms with van der Waals surface area (Å²) in [7, 11) is 0. The summed E-state index contributed by atoms with van der Waals surface area (Å²) in [6.07, 6.45) is 6.17. The predicted octanol–water partition coefficient (Wildman–Crippen LogP) is 2.11. The number of imide groups is 1. The number of carbonyl (C=O) groups excluding carboxylic acids is 10. The van der Waals surface area contributed by atoms with Crippen LogP contribution in [-0.2, 0) is 57.4 Å². The number of rotatable bonds is 22. The average Bonchev–Trinajstić information content (AvgIpc) is 3.64. The fraction of sp³-hybridized carbons (Fsp3) is 0.667. The van der Waals surface area contributed by atoms with E-state index in [2.05, 4.69) is 58.4 Å². The summed E-state index contributed by atoms with van der Waals surface area (Å²) in [6, 6.07) is -4.60. The molecule has 8 N–H and O–H groups in total. The molecule has 23 heteroatoms. The number of fused-ring (bicyclic) bond motifs is 5. The number of halogens is 3. The van der Waals surface area contributed by atoms with Gasteiger partial charge in [-0.3, -0.25) is 52.8 Å². The number of aliphatic hydroxyl groups is 1. The highest BCUT2D eigenvalue weighted by Crippen LogP contribution is 2.72. The molecule has 0 saturated heterocycles. The highest BCUT2D eigenvalue weighted by Gasteiger charge is 2.76. The molecule has 5 rings (SSSR count). The van der Waals surface area contributed by atoms with Crippen molar-refractivity contribution >= 4 is 102 Å². The Hall–Kier alpha value is -4.35. The molecule has 3 fully saturated rings. The zero-order valence-corrected chi connectivity index (χ0v) is 45.0. The van der Waals surface area contributed by atoms with Crippen molar-refractivity contribution in [1.82, 2.24) is 31.5 Å². The molecule has 5 aliphatic rings. The van der Waals surface area contributed by atoms with E-state index in [0.717, 1.165) is 10.5 Å². The molecule has 1 unspecified atom stereocenters. The van der Waals surface area contributed by atoms with E-state index in [1.54, 1.807) is 19.1 Å². The third kappa shape index (κ3) is 11.3. The molecule has 0 aromatic carbocycles. The van der Waals surface area contributed by atoms with E-state index in [0.29, 0.717) is 38.6 Å². The molecular weight excluding hydrogens is 1080 g/mol. The minimum atomic E-state index is -1.71. The Labute approximate surface area is 434 Å². The number of esters is 1. The second-order valence-electron chi connectivity index (χ2n) is 19.7. The number of unbranched alkanes of at least 4 members (excludes halogenated alkanes) is 1. The van der Waals surface area contributed by atoms with Gasteiger partial charge in [-0.2, -0.15) is 0 Å². The second kappa shape index (κ2) is 23.2. The number of alkyl halides is 1. The number of nitrogens with zero attached hydrogens (tertiary/aromatic N) is 1. The van der Waals surface area contributed by atoms with E-state index in [1.165, 1.54) is 26.8 Å². The Kier molecular flexibility index (Phi) is 18.8. The van der Waals surface area contributed by atoms with Crippen LogP contribution in [0, 0.1) is 28.6 Å². The van der Waals surface area contributed by atoms with Crippen LogP contribution in [0.25, 0.3) is 0 Å². The minimum Gasteiger partial charge on any atom is -0.450 e. The van der Waals surface area contributed by atoms with Crippen LogP contribution in [0.5, 0.6) is 0 Å². The molecule has 1 aliphatic heterocycles. The first-order valence-corrected chi connectivity index (χ1v) is 26.0. The average molecular weight is 1140 g/mol.